The normalized spacial score (nSPS) is 11.2. The van der Waals surface area contributed by atoms with E-state index in [9.17, 15) is 14.9 Å². The maximum Gasteiger partial charge on any atom is 0.310 e. The molecule has 0 aromatic heterocycles. The second-order valence-electron chi connectivity index (χ2n) is 3.72. The molecule has 1 aromatic rings. The van der Waals surface area contributed by atoms with Crippen LogP contribution in [-0.2, 0) is 4.79 Å². The average Bonchev–Trinajstić information content (AvgIpc) is 2.37. The molecule has 1 aromatic carbocycles. The molecule has 0 heterocycles. The van der Waals surface area contributed by atoms with Crippen LogP contribution in [0.4, 0.5) is 5.69 Å². The van der Waals surface area contributed by atoms with Gasteiger partial charge in [-0.15, -0.1) is 0 Å². The van der Waals surface area contributed by atoms with Crippen molar-refractivity contribution in [2.24, 2.45) is 5.92 Å². The lowest BCUT2D eigenvalue weighted by Gasteiger charge is -2.08. The van der Waals surface area contributed by atoms with Crippen molar-refractivity contribution in [2.45, 2.75) is 6.92 Å². The highest BCUT2D eigenvalue weighted by molar-refractivity contribution is 6.05. The number of carbonyl (C=O) groups is 1. The summed E-state index contributed by atoms with van der Waals surface area (Å²) in [4.78, 5) is 21.7. The third kappa shape index (κ3) is 3.61. The molecule has 0 bridgehead atoms. The van der Waals surface area contributed by atoms with Gasteiger partial charge in [-0.1, -0.05) is 12.1 Å². The van der Waals surface area contributed by atoms with E-state index in [1.807, 2.05) is 0 Å². The van der Waals surface area contributed by atoms with E-state index in [0.717, 1.165) is 0 Å². The van der Waals surface area contributed by atoms with E-state index in [2.05, 4.69) is 0 Å². The zero-order chi connectivity index (χ0) is 14.4. The molecule has 1 N–H and O–H groups in total. The van der Waals surface area contributed by atoms with Crippen LogP contribution in [0.5, 0.6) is 5.75 Å². The summed E-state index contributed by atoms with van der Waals surface area (Å²) in [5, 5.41) is 26.7. The first kappa shape index (κ1) is 14.3. The quantitative estimate of drug-likeness (QED) is 0.475. The maximum atomic E-state index is 11.6. The van der Waals surface area contributed by atoms with Gasteiger partial charge in [-0.3, -0.25) is 14.9 Å². The molecule has 0 fully saturated rings. The van der Waals surface area contributed by atoms with Gasteiger partial charge in [-0.05, 0) is 13.0 Å². The van der Waals surface area contributed by atoms with Crippen LogP contribution in [0.15, 0.2) is 24.3 Å². The zero-order valence-electron chi connectivity index (χ0n) is 10.1. The van der Waals surface area contributed by atoms with Gasteiger partial charge in [0.25, 0.3) is 0 Å². The lowest BCUT2D eigenvalue weighted by Crippen LogP contribution is -2.25. The predicted molar refractivity (Wildman–Crippen MR) is 66.1 cm³/mol. The number of nitriles is 1. The molecule has 0 spiro atoms. The van der Waals surface area contributed by atoms with E-state index in [4.69, 9.17) is 15.4 Å². The van der Waals surface area contributed by atoms with Crippen molar-refractivity contribution >= 4 is 17.2 Å². The molecule has 1 rings (SSSR count). The number of carbonyl (C=O) groups excluding carboxylic acids is 1. The Morgan fingerprint density at radius 2 is 2.21 bits per heavy atom. The van der Waals surface area contributed by atoms with Crippen LogP contribution in [-0.4, -0.2) is 23.0 Å². The molecular weight excluding hydrogens is 250 g/mol. The number of hydrogen-bond acceptors (Lipinski definition) is 6. The molecule has 7 nitrogen and oxygen atoms in total. The first-order valence-corrected chi connectivity index (χ1v) is 5.31. The zero-order valence-corrected chi connectivity index (χ0v) is 10.1. The van der Waals surface area contributed by atoms with Gasteiger partial charge in [-0.2, -0.15) is 5.26 Å². The number of rotatable bonds is 6. The van der Waals surface area contributed by atoms with Crippen molar-refractivity contribution in [3.8, 4) is 11.8 Å². The largest absolute Gasteiger partial charge is 0.479 e. The Kier molecular flexibility index (Phi) is 4.71. The number of ketones is 1. The summed E-state index contributed by atoms with van der Waals surface area (Å²) in [5.74, 6) is -1.82. The molecule has 19 heavy (non-hydrogen) atoms. The summed E-state index contributed by atoms with van der Waals surface area (Å²) in [5.41, 5.74) is -0.339. The van der Waals surface area contributed by atoms with Crippen LogP contribution in [0.2, 0.25) is 0 Å². The molecule has 0 radical (unpaired) electrons. The van der Waals surface area contributed by atoms with Crippen molar-refractivity contribution in [3.63, 3.8) is 0 Å². The minimum Gasteiger partial charge on any atom is -0.479 e. The minimum atomic E-state index is -1.18. The SMILES string of the molecule is CC(=N)C(C#N)C(=O)COc1ccccc1[N+](=O)[O-]. The van der Waals surface area contributed by atoms with Crippen LogP contribution in [0.3, 0.4) is 0 Å². The fraction of sp³-hybridized carbons (Fsp3) is 0.250. The number of nitro benzene ring substituents is 1. The fourth-order valence-corrected chi connectivity index (χ4v) is 1.37. The van der Waals surface area contributed by atoms with E-state index in [-0.39, 0.29) is 17.1 Å². The van der Waals surface area contributed by atoms with Gasteiger partial charge in [0.15, 0.2) is 11.5 Å². The highest BCUT2D eigenvalue weighted by Gasteiger charge is 2.22. The Bertz CT molecular complexity index is 562. The molecular formula is C12H11N3O4. The van der Waals surface area contributed by atoms with Crippen LogP contribution in [0, 0.1) is 32.8 Å². The molecule has 0 amide bonds. The van der Waals surface area contributed by atoms with E-state index in [1.165, 1.54) is 31.2 Å². The Balaban J connectivity index is 2.78. The number of Topliss-reactive ketones (excluding diaryl/α,β-unsaturated/α-hetero) is 1. The number of nitro groups is 1. The maximum absolute atomic E-state index is 11.6. The van der Waals surface area contributed by atoms with Crippen LogP contribution < -0.4 is 4.74 Å². The van der Waals surface area contributed by atoms with Gasteiger partial charge in [0.2, 0.25) is 0 Å². The number of ether oxygens (including phenoxy) is 1. The predicted octanol–water partition coefficient (Wildman–Crippen LogP) is 1.72. The Morgan fingerprint density at radius 1 is 1.58 bits per heavy atom. The Labute approximate surface area is 109 Å². The Hall–Kier alpha value is -2.75. The van der Waals surface area contributed by atoms with Gasteiger partial charge in [-0.25, -0.2) is 0 Å². The second kappa shape index (κ2) is 6.26. The summed E-state index contributed by atoms with van der Waals surface area (Å²) in [6.45, 7) is 0.857. The number of nitrogens with zero attached hydrogens (tertiary/aromatic N) is 2. The fourth-order valence-electron chi connectivity index (χ4n) is 1.37. The first-order chi connectivity index (χ1) is 8.97. The summed E-state index contributed by atoms with van der Waals surface area (Å²) < 4.78 is 5.05. The highest BCUT2D eigenvalue weighted by Crippen LogP contribution is 2.25. The third-order valence-electron chi connectivity index (χ3n) is 2.32. The van der Waals surface area contributed by atoms with Crippen molar-refractivity contribution in [1.29, 1.82) is 10.7 Å². The monoisotopic (exact) mass is 261 g/mol. The molecule has 1 atom stereocenters. The van der Waals surface area contributed by atoms with Crippen LogP contribution in [0.25, 0.3) is 0 Å². The minimum absolute atomic E-state index is 0.0415. The molecule has 0 aliphatic carbocycles. The van der Waals surface area contributed by atoms with E-state index in [0.29, 0.717) is 0 Å². The van der Waals surface area contributed by atoms with Crippen molar-refractivity contribution in [1.82, 2.24) is 0 Å². The van der Waals surface area contributed by atoms with Crippen LogP contribution >= 0.6 is 0 Å². The number of nitrogens with one attached hydrogen (secondary N) is 1. The first-order valence-electron chi connectivity index (χ1n) is 5.31. The molecule has 1 unspecified atom stereocenters. The summed E-state index contributed by atoms with van der Waals surface area (Å²) in [6.07, 6.45) is 0. The second-order valence-corrected chi connectivity index (χ2v) is 3.72. The van der Waals surface area contributed by atoms with Crippen molar-refractivity contribution in [3.05, 3.63) is 34.4 Å². The van der Waals surface area contributed by atoms with Crippen molar-refractivity contribution < 1.29 is 14.5 Å². The summed E-state index contributed by atoms with van der Waals surface area (Å²) >= 11 is 0. The molecule has 0 saturated heterocycles. The molecule has 0 aliphatic heterocycles. The third-order valence-corrected chi connectivity index (χ3v) is 2.32. The smallest absolute Gasteiger partial charge is 0.310 e. The van der Waals surface area contributed by atoms with Crippen LogP contribution in [0.1, 0.15) is 6.92 Å². The Morgan fingerprint density at radius 3 is 2.74 bits per heavy atom. The average molecular weight is 261 g/mol. The molecule has 0 saturated carbocycles. The van der Waals surface area contributed by atoms with Crippen molar-refractivity contribution in [2.75, 3.05) is 6.61 Å². The lowest BCUT2D eigenvalue weighted by molar-refractivity contribution is -0.385. The van der Waals surface area contributed by atoms with Gasteiger partial charge in [0.1, 0.15) is 12.5 Å². The lowest BCUT2D eigenvalue weighted by atomic mass is 10.0. The highest BCUT2D eigenvalue weighted by atomic mass is 16.6. The number of hydrogen-bond donors (Lipinski definition) is 1. The number of para-hydroxylation sites is 2. The molecule has 7 heteroatoms. The van der Waals surface area contributed by atoms with Gasteiger partial charge in [0.05, 0.1) is 11.0 Å². The van der Waals surface area contributed by atoms with Gasteiger partial charge in [0, 0.05) is 11.8 Å². The van der Waals surface area contributed by atoms with E-state index in [1.54, 1.807) is 6.07 Å². The van der Waals surface area contributed by atoms with E-state index >= 15 is 0 Å². The van der Waals surface area contributed by atoms with Gasteiger partial charge < -0.3 is 10.1 Å². The molecule has 98 valence electrons. The van der Waals surface area contributed by atoms with Gasteiger partial charge >= 0.3 is 5.69 Å². The summed E-state index contributed by atoms with van der Waals surface area (Å²) in [6, 6.07) is 7.32. The standard InChI is InChI=1S/C12H11N3O4/c1-8(14)9(6-13)11(16)7-19-12-5-3-2-4-10(12)15(17)18/h2-5,9,14H,7H2,1H3. The number of benzene rings is 1. The molecule has 0 aliphatic rings. The topological polar surface area (TPSA) is 117 Å². The van der Waals surface area contributed by atoms with E-state index < -0.39 is 23.2 Å². The summed E-state index contributed by atoms with van der Waals surface area (Å²) in [7, 11) is 0.